The van der Waals surface area contributed by atoms with Gasteiger partial charge in [0.1, 0.15) is 17.1 Å². The zero-order chi connectivity index (χ0) is 19.0. The lowest BCUT2D eigenvalue weighted by Gasteiger charge is -2.23. The van der Waals surface area contributed by atoms with Crippen LogP contribution in [0.15, 0.2) is 48.9 Å². The highest BCUT2D eigenvalue weighted by molar-refractivity contribution is 6.33. The average Bonchev–Trinajstić information content (AvgIpc) is 3.25. The summed E-state index contributed by atoms with van der Waals surface area (Å²) in [5.74, 6) is -0.315. The van der Waals surface area contributed by atoms with Crippen molar-refractivity contribution in [2.75, 3.05) is 0 Å². The lowest BCUT2D eigenvalue weighted by molar-refractivity contribution is -0.0466. The van der Waals surface area contributed by atoms with Gasteiger partial charge in [0.05, 0.1) is 17.1 Å². The molecule has 1 aliphatic heterocycles. The summed E-state index contributed by atoms with van der Waals surface area (Å²) in [6.07, 6.45) is 3.17. The number of nitrogens with zero attached hydrogens (tertiary/aromatic N) is 3. The molecule has 4 atom stereocenters. The Hall–Kier alpha value is -2.44. The summed E-state index contributed by atoms with van der Waals surface area (Å²) >= 11 is 6.17. The van der Waals surface area contributed by atoms with Crippen LogP contribution < -0.4 is 0 Å². The molecule has 1 aromatic carbocycles. The maximum absolute atomic E-state index is 12.6. The predicted octanol–water partition coefficient (Wildman–Crippen LogP) is 4.25. The summed E-state index contributed by atoms with van der Waals surface area (Å²) < 4.78 is 14.0. The van der Waals surface area contributed by atoms with Crippen LogP contribution in [-0.4, -0.2) is 32.7 Å². The third-order valence-corrected chi connectivity index (χ3v) is 5.39. The molecule has 6 nitrogen and oxygen atoms in total. The van der Waals surface area contributed by atoms with Gasteiger partial charge in [-0.1, -0.05) is 43.6 Å². The van der Waals surface area contributed by atoms with Crippen LogP contribution in [0.3, 0.4) is 0 Å². The second kappa shape index (κ2) is 7.29. The van der Waals surface area contributed by atoms with Gasteiger partial charge in [0, 0.05) is 12.1 Å². The second-order valence-electron chi connectivity index (χ2n) is 6.69. The largest absolute Gasteiger partial charge is 0.454 e. The lowest BCUT2D eigenvalue weighted by atomic mass is 9.98. The van der Waals surface area contributed by atoms with E-state index in [0.717, 1.165) is 11.8 Å². The molecule has 7 heteroatoms. The fourth-order valence-corrected chi connectivity index (χ4v) is 3.81. The molecule has 0 N–H and O–H groups in total. The molecular formula is C20H20ClN3O3. The lowest BCUT2D eigenvalue weighted by Crippen LogP contribution is -2.30. The van der Waals surface area contributed by atoms with Crippen molar-refractivity contribution >= 4 is 28.6 Å². The topological polar surface area (TPSA) is 66.2 Å². The molecule has 0 aliphatic carbocycles. The number of hydrogen-bond acceptors (Lipinski definition) is 5. The first-order chi connectivity index (χ1) is 13.1. The highest BCUT2D eigenvalue weighted by Gasteiger charge is 2.45. The van der Waals surface area contributed by atoms with Crippen molar-refractivity contribution in [1.82, 2.24) is 14.5 Å². The fourth-order valence-electron chi connectivity index (χ4n) is 3.62. The molecule has 3 aromatic rings. The number of carbonyl (C=O) groups excluding carboxylic acids is 1. The van der Waals surface area contributed by atoms with Gasteiger partial charge < -0.3 is 14.0 Å². The van der Waals surface area contributed by atoms with E-state index in [1.165, 1.54) is 6.33 Å². The normalized spacial score (nSPS) is 25.0. The summed E-state index contributed by atoms with van der Waals surface area (Å²) in [7, 11) is 0. The molecule has 2 aromatic heterocycles. The van der Waals surface area contributed by atoms with Crippen LogP contribution in [0.4, 0.5) is 0 Å². The standard InChI is InChI=1S/C20H20ClN3O3/c1-3-15-12(2)16(27-20(25)13-7-5-4-6-8-13)19(26-15)24-10-9-14-17(21)22-11-23-18(14)24/h4-12,15-16,19H,3H2,1-2H3/t12-,15-,16-,19-/m1/s1. The molecule has 0 unspecified atom stereocenters. The number of esters is 1. The van der Waals surface area contributed by atoms with Crippen LogP contribution >= 0.6 is 11.6 Å². The van der Waals surface area contributed by atoms with Crippen LogP contribution in [0, 0.1) is 5.92 Å². The first-order valence-corrected chi connectivity index (χ1v) is 9.36. The van der Waals surface area contributed by atoms with Crippen molar-refractivity contribution in [2.45, 2.75) is 38.7 Å². The highest BCUT2D eigenvalue weighted by atomic mass is 35.5. The van der Waals surface area contributed by atoms with E-state index < -0.39 is 12.3 Å². The first kappa shape index (κ1) is 17.9. The molecule has 0 amide bonds. The van der Waals surface area contributed by atoms with Gasteiger partial charge in [-0.2, -0.15) is 0 Å². The van der Waals surface area contributed by atoms with Gasteiger partial charge in [0.2, 0.25) is 0 Å². The Kier molecular flexibility index (Phi) is 4.85. The van der Waals surface area contributed by atoms with E-state index in [-0.39, 0.29) is 18.0 Å². The van der Waals surface area contributed by atoms with Crippen molar-refractivity contribution in [3.05, 3.63) is 59.6 Å². The van der Waals surface area contributed by atoms with Gasteiger partial charge in [-0.15, -0.1) is 0 Å². The van der Waals surface area contributed by atoms with Crippen LogP contribution in [0.2, 0.25) is 5.15 Å². The van der Waals surface area contributed by atoms with Crippen LogP contribution in [0.1, 0.15) is 36.9 Å². The Bertz CT molecular complexity index is 960. The van der Waals surface area contributed by atoms with Crippen molar-refractivity contribution in [3.8, 4) is 0 Å². The Labute approximate surface area is 162 Å². The molecule has 0 spiro atoms. The molecule has 1 saturated heterocycles. The van der Waals surface area contributed by atoms with Gasteiger partial charge in [-0.05, 0) is 24.6 Å². The van der Waals surface area contributed by atoms with E-state index in [1.54, 1.807) is 12.1 Å². The summed E-state index contributed by atoms with van der Waals surface area (Å²) in [5, 5.41) is 1.12. The average molecular weight is 386 g/mol. The molecule has 0 radical (unpaired) electrons. The maximum Gasteiger partial charge on any atom is 0.338 e. The molecule has 4 rings (SSSR count). The Morgan fingerprint density at radius 2 is 2.04 bits per heavy atom. The minimum Gasteiger partial charge on any atom is -0.454 e. The van der Waals surface area contributed by atoms with Crippen LogP contribution in [-0.2, 0) is 9.47 Å². The van der Waals surface area contributed by atoms with Gasteiger partial charge in [0.25, 0.3) is 0 Å². The number of ether oxygens (including phenoxy) is 2. The SMILES string of the molecule is CC[C@H]1O[C@@H](n2ccc3c(Cl)ncnc32)[C@H](OC(=O)c2ccccc2)[C@@H]1C. The third-order valence-electron chi connectivity index (χ3n) is 5.09. The molecule has 0 bridgehead atoms. The molecular weight excluding hydrogens is 366 g/mol. The van der Waals surface area contributed by atoms with Crippen LogP contribution in [0.25, 0.3) is 11.0 Å². The molecule has 140 valence electrons. The molecule has 27 heavy (non-hydrogen) atoms. The minimum atomic E-state index is -0.471. The van der Waals surface area contributed by atoms with E-state index in [1.807, 2.05) is 42.0 Å². The minimum absolute atomic E-state index is 0.0154. The molecule has 3 heterocycles. The van der Waals surface area contributed by atoms with E-state index in [4.69, 9.17) is 21.1 Å². The summed E-state index contributed by atoms with van der Waals surface area (Å²) in [6, 6.07) is 10.8. The summed E-state index contributed by atoms with van der Waals surface area (Å²) in [6.45, 7) is 4.11. The van der Waals surface area contributed by atoms with E-state index in [9.17, 15) is 4.79 Å². The van der Waals surface area contributed by atoms with Gasteiger partial charge in [0.15, 0.2) is 12.3 Å². The quantitative estimate of drug-likeness (QED) is 0.496. The predicted molar refractivity (Wildman–Crippen MR) is 102 cm³/mol. The first-order valence-electron chi connectivity index (χ1n) is 8.98. The third kappa shape index (κ3) is 3.19. The number of aromatic nitrogens is 3. The van der Waals surface area contributed by atoms with Gasteiger partial charge >= 0.3 is 5.97 Å². The number of fused-ring (bicyclic) bond motifs is 1. The number of benzene rings is 1. The van der Waals surface area contributed by atoms with Crippen molar-refractivity contribution < 1.29 is 14.3 Å². The molecule has 1 fully saturated rings. The zero-order valence-electron chi connectivity index (χ0n) is 15.1. The van der Waals surface area contributed by atoms with Crippen molar-refractivity contribution in [2.24, 2.45) is 5.92 Å². The Balaban J connectivity index is 1.69. The smallest absolute Gasteiger partial charge is 0.338 e. The van der Waals surface area contributed by atoms with E-state index in [2.05, 4.69) is 16.9 Å². The highest BCUT2D eigenvalue weighted by Crippen LogP contribution is 2.39. The van der Waals surface area contributed by atoms with E-state index >= 15 is 0 Å². The zero-order valence-corrected chi connectivity index (χ0v) is 15.8. The van der Waals surface area contributed by atoms with Gasteiger partial charge in [-0.3, -0.25) is 0 Å². The Morgan fingerprint density at radius 3 is 2.78 bits per heavy atom. The van der Waals surface area contributed by atoms with Gasteiger partial charge in [-0.25, -0.2) is 14.8 Å². The second-order valence-corrected chi connectivity index (χ2v) is 7.05. The monoisotopic (exact) mass is 385 g/mol. The number of hydrogen-bond donors (Lipinski definition) is 0. The van der Waals surface area contributed by atoms with Crippen molar-refractivity contribution in [1.29, 1.82) is 0 Å². The summed E-state index contributed by atoms with van der Waals surface area (Å²) in [5.41, 5.74) is 1.18. The number of carbonyl (C=O) groups is 1. The van der Waals surface area contributed by atoms with Crippen LogP contribution in [0.5, 0.6) is 0 Å². The number of halogens is 1. The fraction of sp³-hybridized carbons (Fsp3) is 0.350. The van der Waals surface area contributed by atoms with E-state index in [0.29, 0.717) is 16.4 Å². The maximum atomic E-state index is 12.6. The molecule has 0 saturated carbocycles. The molecule has 1 aliphatic rings. The summed E-state index contributed by atoms with van der Waals surface area (Å²) in [4.78, 5) is 21.0. The Morgan fingerprint density at radius 1 is 1.26 bits per heavy atom. The number of rotatable bonds is 4. The van der Waals surface area contributed by atoms with Crippen molar-refractivity contribution in [3.63, 3.8) is 0 Å².